The fraction of sp³-hybridized carbons (Fsp3) is 0.315. The molecule has 15 heteroatoms. The van der Waals surface area contributed by atoms with Gasteiger partial charge < -0.3 is 40.2 Å². The van der Waals surface area contributed by atoms with Crippen molar-refractivity contribution in [1.29, 1.82) is 0 Å². The molecule has 5 aromatic rings. The molecule has 3 aliphatic heterocycles. The molecule has 0 bridgehead atoms. The topological polar surface area (TPSA) is 204 Å². The van der Waals surface area contributed by atoms with Crippen LogP contribution in [0.25, 0.3) is 0 Å². The summed E-state index contributed by atoms with van der Waals surface area (Å²) in [5.74, 6) is 0.840. The smallest absolute Gasteiger partial charge is 0.329 e. The van der Waals surface area contributed by atoms with Gasteiger partial charge in [0, 0.05) is 18.5 Å². The van der Waals surface area contributed by atoms with Crippen molar-refractivity contribution in [1.82, 2.24) is 15.5 Å². The molecule has 0 radical (unpaired) electrons. The third kappa shape index (κ3) is 9.07. The summed E-state index contributed by atoms with van der Waals surface area (Å²) < 4.78 is 17.6. The SMILES string of the molecule is COC(=O)[C@@H](NC(=O)N1C(=O)[C@@]2(c3cc(C#CCCO)ccc31)[C@H](c1cccc(OCCO)c1)N1[C@H](c3ccccc3)[C@H](c3ccccc3)OC(=O)[C@H]1[C@@H]2C(=O)NC[C@H](O)c1ccccc1)C(C)C. The average molecular weight is 935 g/mol. The Morgan fingerprint density at radius 3 is 2.13 bits per heavy atom. The van der Waals surface area contributed by atoms with Gasteiger partial charge in [-0.2, -0.15) is 0 Å². The zero-order chi connectivity index (χ0) is 48.8. The van der Waals surface area contributed by atoms with E-state index in [-0.39, 0.29) is 44.0 Å². The molecular weight excluding hydrogens is 881 g/mol. The van der Waals surface area contributed by atoms with E-state index in [1.54, 1.807) is 80.6 Å². The Bertz CT molecular complexity index is 2740. The van der Waals surface area contributed by atoms with E-state index in [4.69, 9.17) is 14.2 Å². The zero-order valence-electron chi connectivity index (χ0n) is 38.4. The minimum atomic E-state index is -2.19. The predicted octanol–water partition coefficient (Wildman–Crippen LogP) is 5.21. The maximum absolute atomic E-state index is 16.6. The summed E-state index contributed by atoms with van der Waals surface area (Å²) in [6.45, 7) is 2.50. The van der Waals surface area contributed by atoms with Crippen LogP contribution in [0.2, 0.25) is 0 Å². The Kier molecular flexibility index (Phi) is 14.6. The molecular formula is C54H54N4O11. The first kappa shape index (κ1) is 48.1. The van der Waals surface area contributed by atoms with Crippen LogP contribution in [-0.2, 0) is 34.1 Å². The molecule has 0 unspecified atom stereocenters. The number of fused-ring (bicyclic) bond motifs is 3. The number of rotatable bonds is 14. The number of hydrogen-bond acceptors (Lipinski definition) is 12. The number of methoxy groups -OCH3 is 1. The summed E-state index contributed by atoms with van der Waals surface area (Å²) >= 11 is 0. The molecule has 5 N–H and O–H groups in total. The van der Waals surface area contributed by atoms with Crippen molar-refractivity contribution in [2.45, 2.75) is 62.1 Å². The molecule has 3 heterocycles. The largest absolute Gasteiger partial charge is 0.491 e. The first-order valence-corrected chi connectivity index (χ1v) is 22.8. The molecule has 1 spiro atoms. The summed E-state index contributed by atoms with van der Waals surface area (Å²) in [4.78, 5) is 78.6. The highest BCUT2D eigenvalue weighted by molar-refractivity contribution is 6.25. The zero-order valence-corrected chi connectivity index (χ0v) is 38.4. The predicted molar refractivity (Wildman–Crippen MR) is 253 cm³/mol. The monoisotopic (exact) mass is 934 g/mol. The lowest BCUT2D eigenvalue weighted by Gasteiger charge is -2.46. The van der Waals surface area contributed by atoms with E-state index < -0.39 is 83.4 Å². The highest BCUT2D eigenvalue weighted by atomic mass is 16.6. The fourth-order valence-electron chi connectivity index (χ4n) is 10.1. The van der Waals surface area contributed by atoms with Crippen molar-refractivity contribution in [3.05, 3.63) is 167 Å². The fourth-order valence-corrected chi connectivity index (χ4v) is 10.1. The number of anilines is 1. The number of cyclic esters (lactones) is 1. The minimum Gasteiger partial charge on any atom is -0.491 e. The van der Waals surface area contributed by atoms with Crippen molar-refractivity contribution in [2.75, 3.05) is 38.4 Å². The van der Waals surface area contributed by atoms with E-state index in [1.165, 1.54) is 13.2 Å². The van der Waals surface area contributed by atoms with Crippen molar-refractivity contribution >= 4 is 35.5 Å². The van der Waals surface area contributed by atoms with Crippen LogP contribution in [0.5, 0.6) is 5.75 Å². The summed E-state index contributed by atoms with van der Waals surface area (Å²) in [5, 5.41) is 36.5. The Balaban J connectivity index is 1.45. The van der Waals surface area contributed by atoms with Crippen molar-refractivity contribution in [2.24, 2.45) is 11.8 Å². The second-order valence-corrected chi connectivity index (χ2v) is 17.4. The Labute approximate surface area is 400 Å². The molecule has 5 aromatic carbocycles. The van der Waals surface area contributed by atoms with E-state index in [0.29, 0.717) is 33.6 Å². The molecule has 2 saturated heterocycles. The summed E-state index contributed by atoms with van der Waals surface area (Å²) in [5.41, 5.74) is 0.626. The number of imide groups is 1. The van der Waals surface area contributed by atoms with Crippen LogP contribution >= 0.6 is 0 Å². The van der Waals surface area contributed by atoms with E-state index in [2.05, 4.69) is 22.5 Å². The first-order chi connectivity index (χ1) is 33.5. The highest BCUT2D eigenvalue weighted by Gasteiger charge is 2.75. The normalized spacial score (nSPS) is 22.4. The number of hydrogen-bond donors (Lipinski definition) is 5. The molecule has 0 aliphatic carbocycles. The second-order valence-electron chi connectivity index (χ2n) is 17.4. The first-order valence-electron chi connectivity index (χ1n) is 22.8. The maximum Gasteiger partial charge on any atom is 0.329 e. The molecule has 8 rings (SSSR count). The van der Waals surface area contributed by atoms with Gasteiger partial charge in [-0.05, 0) is 64.1 Å². The van der Waals surface area contributed by atoms with Gasteiger partial charge >= 0.3 is 18.0 Å². The number of amides is 4. The van der Waals surface area contributed by atoms with Crippen LogP contribution in [-0.4, -0.2) is 95.6 Å². The van der Waals surface area contributed by atoms with Crippen LogP contribution in [0, 0.1) is 23.7 Å². The molecule has 2 fully saturated rings. The molecule has 15 nitrogen and oxygen atoms in total. The number of morpholine rings is 1. The van der Waals surface area contributed by atoms with Crippen LogP contribution in [0.1, 0.15) is 77.9 Å². The number of aliphatic hydroxyl groups excluding tert-OH is 3. The van der Waals surface area contributed by atoms with Crippen LogP contribution in [0.15, 0.2) is 133 Å². The third-order valence-corrected chi connectivity index (χ3v) is 13.0. The van der Waals surface area contributed by atoms with Crippen molar-refractivity contribution < 1.29 is 53.5 Å². The Hall–Kier alpha value is -7.35. The lowest BCUT2D eigenvalue weighted by Crippen LogP contribution is -2.58. The average Bonchev–Trinajstić information content (AvgIpc) is 3.83. The van der Waals surface area contributed by atoms with Crippen LogP contribution in [0.3, 0.4) is 0 Å². The molecule has 356 valence electrons. The number of ether oxygens (including phenoxy) is 3. The Morgan fingerprint density at radius 2 is 1.48 bits per heavy atom. The van der Waals surface area contributed by atoms with E-state index in [9.17, 15) is 20.1 Å². The standard InChI is InChI=1S/C54H54N4O11/c1-33(2)44(50(63)67-3)56-53(66)57-41-26-25-34(16-13-14-27-59)30-40(41)54(52(57)65)43(49(62)55-32-42(61)35-17-7-4-8-18-35)46-51(64)69-47(37-21-11-6-12-22-37)45(36-19-9-5-10-20-36)58(46)48(54)38-23-15-24-39(31-38)68-29-28-60/h4-12,15,17-26,30-31,33,42-48,59-61H,14,27-29,32H2,1-3H3,(H,55,62)(H,56,66)/t42-,43+,44-,45+,46+,47-,48-,54+/m0/s1. The molecule has 0 aromatic heterocycles. The second kappa shape index (κ2) is 20.9. The van der Waals surface area contributed by atoms with Gasteiger partial charge in [-0.3, -0.25) is 19.3 Å². The van der Waals surface area contributed by atoms with Gasteiger partial charge in [0.15, 0.2) is 0 Å². The van der Waals surface area contributed by atoms with Crippen LogP contribution in [0.4, 0.5) is 10.5 Å². The molecule has 0 saturated carbocycles. The number of benzene rings is 5. The highest BCUT2D eigenvalue weighted by Crippen LogP contribution is 2.66. The number of carbonyl (C=O) groups excluding carboxylic acids is 5. The van der Waals surface area contributed by atoms with Gasteiger partial charge in [0.1, 0.15) is 36.0 Å². The lowest BCUT2D eigenvalue weighted by atomic mass is 9.65. The van der Waals surface area contributed by atoms with Gasteiger partial charge in [0.25, 0.3) is 0 Å². The van der Waals surface area contributed by atoms with E-state index >= 15 is 19.2 Å². The van der Waals surface area contributed by atoms with Gasteiger partial charge in [0.2, 0.25) is 11.8 Å². The summed E-state index contributed by atoms with van der Waals surface area (Å²) in [7, 11) is 1.19. The Morgan fingerprint density at radius 1 is 0.812 bits per heavy atom. The van der Waals surface area contributed by atoms with Gasteiger partial charge in [-0.15, -0.1) is 0 Å². The maximum atomic E-state index is 16.6. The number of urea groups is 1. The number of carbonyl (C=O) groups is 5. The number of esters is 2. The van der Waals surface area contributed by atoms with Gasteiger partial charge in [-0.1, -0.05) is 129 Å². The molecule has 3 aliphatic rings. The third-order valence-electron chi connectivity index (χ3n) is 13.0. The minimum absolute atomic E-state index is 0.0569. The lowest BCUT2D eigenvalue weighted by molar-refractivity contribution is -0.178. The van der Waals surface area contributed by atoms with E-state index in [0.717, 1.165) is 4.90 Å². The molecule has 8 atom stereocenters. The number of aliphatic hydroxyl groups is 3. The summed E-state index contributed by atoms with van der Waals surface area (Å²) in [6.07, 6.45) is -2.07. The quantitative estimate of drug-likeness (QED) is 0.0720. The van der Waals surface area contributed by atoms with Crippen molar-refractivity contribution in [3.8, 4) is 17.6 Å². The van der Waals surface area contributed by atoms with Gasteiger partial charge in [-0.25, -0.2) is 14.5 Å². The van der Waals surface area contributed by atoms with Crippen molar-refractivity contribution in [3.63, 3.8) is 0 Å². The number of nitrogens with one attached hydrogen (secondary N) is 2. The van der Waals surface area contributed by atoms with Crippen LogP contribution < -0.4 is 20.3 Å². The molecule has 69 heavy (non-hydrogen) atoms. The summed E-state index contributed by atoms with van der Waals surface area (Å²) in [6, 6.07) is 32.8. The van der Waals surface area contributed by atoms with Gasteiger partial charge in [0.05, 0.1) is 50.1 Å². The number of nitrogens with zero attached hydrogens (tertiary/aromatic N) is 2. The molecule has 4 amide bonds. The van der Waals surface area contributed by atoms with E-state index in [1.807, 2.05) is 65.6 Å².